The highest BCUT2D eigenvalue weighted by Crippen LogP contribution is 2.15. The van der Waals surface area contributed by atoms with Crippen LogP contribution in [0.3, 0.4) is 0 Å². The van der Waals surface area contributed by atoms with Gasteiger partial charge in [0.05, 0.1) is 5.75 Å². The first kappa shape index (κ1) is 15.9. The van der Waals surface area contributed by atoms with Gasteiger partial charge in [0, 0.05) is 24.5 Å². The van der Waals surface area contributed by atoms with Gasteiger partial charge in [-0.05, 0) is 27.3 Å². The molecule has 0 aliphatic rings. The number of aromatic nitrogens is 2. The molecule has 6 heteroatoms. The van der Waals surface area contributed by atoms with Gasteiger partial charge in [-0.1, -0.05) is 18.7 Å². The summed E-state index contributed by atoms with van der Waals surface area (Å²) in [5.41, 5.74) is 0.581. The Bertz CT molecular complexity index is 401. The van der Waals surface area contributed by atoms with E-state index in [0.29, 0.717) is 5.16 Å². The molecule has 1 heterocycles. The van der Waals surface area contributed by atoms with Crippen LogP contribution in [0, 0.1) is 0 Å². The highest BCUT2D eigenvalue weighted by molar-refractivity contribution is 7.99. The van der Waals surface area contributed by atoms with Crippen molar-refractivity contribution in [2.24, 2.45) is 0 Å². The predicted molar refractivity (Wildman–Crippen MR) is 76.0 cm³/mol. The van der Waals surface area contributed by atoms with E-state index in [9.17, 15) is 4.79 Å². The average molecular weight is 283 g/mol. The van der Waals surface area contributed by atoms with Gasteiger partial charge < -0.3 is 10.1 Å². The summed E-state index contributed by atoms with van der Waals surface area (Å²) >= 11 is 1.28. The molecule has 0 fully saturated rings. The summed E-state index contributed by atoms with van der Waals surface area (Å²) in [5, 5.41) is 3.79. The number of nitrogens with zero attached hydrogens (tertiary/aromatic N) is 2. The molecule has 0 bridgehead atoms. The van der Waals surface area contributed by atoms with Gasteiger partial charge in [-0.15, -0.1) is 0 Å². The fraction of sp³-hybridized carbons (Fsp3) is 0.615. The van der Waals surface area contributed by atoms with Crippen LogP contribution in [0.5, 0.6) is 0 Å². The molecular weight excluding hydrogens is 262 g/mol. The molecule has 1 N–H and O–H groups in total. The average Bonchev–Trinajstić information content (AvgIpc) is 2.33. The van der Waals surface area contributed by atoms with Crippen LogP contribution >= 0.6 is 11.8 Å². The van der Waals surface area contributed by atoms with Gasteiger partial charge in [0.2, 0.25) is 0 Å². The van der Waals surface area contributed by atoms with Crippen LogP contribution in [-0.2, 0) is 16.1 Å². The summed E-state index contributed by atoms with van der Waals surface area (Å²) in [6, 6.07) is 0. The molecule has 1 aromatic rings. The summed E-state index contributed by atoms with van der Waals surface area (Å²) < 4.78 is 5.21. The molecule has 0 saturated carbocycles. The number of carbonyl (C=O) groups excluding carboxylic acids is 1. The summed E-state index contributed by atoms with van der Waals surface area (Å²) in [5.74, 6) is -0.0260. The maximum absolute atomic E-state index is 11.5. The van der Waals surface area contributed by atoms with Gasteiger partial charge in [-0.2, -0.15) is 0 Å². The van der Waals surface area contributed by atoms with E-state index < -0.39 is 5.60 Å². The minimum Gasteiger partial charge on any atom is -0.459 e. The van der Waals surface area contributed by atoms with Crippen LogP contribution < -0.4 is 5.32 Å². The number of rotatable bonds is 6. The normalized spacial score (nSPS) is 11.4. The minimum atomic E-state index is -0.450. The molecule has 0 aromatic carbocycles. The molecule has 0 unspecified atom stereocenters. The number of nitrogens with one attached hydrogen (secondary N) is 1. The van der Waals surface area contributed by atoms with E-state index in [1.54, 1.807) is 12.4 Å². The molecule has 19 heavy (non-hydrogen) atoms. The van der Waals surface area contributed by atoms with E-state index in [-0.39, 0.29) is 11.7 Å². The predicted octanol–water partition coefficient (Wildman–Crippen LogP) is 2.02. The van der Waals surface area contributed by atoms with Crippen molar-refractivity contribution in [1.29, 1.82) is 0 Å². The zero-order valence-corrected chi connectivity index (χ0v) is 12.7. The number of hydrogen-bond donors (Lipinski definition) is 1. The molecule has 1 aromatic heterocycles. The van der Waals surface area contributed by atoms with Crippen LogP contribution in [-0.4, -0.2) is 33.8 Å². The standard InChI is InChI=1S/C13H21N3O2S/c1-5-14-6-10-7-15-12(16-8-10)19-9-11(17)18-13(2,3)4/h7-8,14H,5-6,9H2,1-4H3. The monoisotopic (exact) mass is 283 g/mol. The van der Waals surface area contributed by atoms with Crippen molar-refractivity contribution >= 4 is 17.7 Å². The quantitative estimate of drug-likeness (QED) is 0.489. The molecule has 1 rings (SSSR count). The highest BCUT2D eigenvalue weighted by Gasteiger charge is 2.16. The van der Waals surface area contributed by atoms with Crippen LogP contribution in [0.1, 0.15) is 33.3 Å². The molecule has 0 aliphatic carbocycles. The fourth-order valence-electron chi connectivity index (χ4n) is 1.27. The Hall–Kier alpha value is -1.14. The maximum Gasteiger partial charge on any atom is 0.316 e. The molecule has 0 spiro atoms. The highest BCUT2D eigenvalue weighted by atomic mass is 32.2. The van der Waals surface area contributed by atoms with E-state index in [1.807, 2.05) is 27.7 Å². The van der Waals surface area contributed by atoms with Crippen molar-refractivity contribution in [1.82, 2.24) is 15.3 Å². The van der Waals surface area contributed by atoms with Crippen LogP contribution in [0.4, 0.5) is 0 Å². The molecule has 0 aliphatic heterocycles. The first-order valence-corrected chi connectivity index (χ1v) is 7.25. The lowest BCUT2D eigenvalue weighted by Crippen LogP contribution is -2.25. The third-order valence-electron chi connectivity index (χ3n) is 2.00. The number of hydrogen-bond acceptors (Lipinski definition) is 6. The number of esters is 1. The van der Waals surface area contributed by atoms with E-state index in [1.165, 1.54) is 11.8 Å². The fourth-order valence-corrected chi connectivity index (χ4v) is 1.83. The van der Waals surface area contributed by atoms with Gasteiger partial charge in [-0.25, -0.2) is 9.97 Å². The molecule has 0 atom stereocenters. The topological polar surface area (TPSA) is 64.1 Å². The minimum absolute atomic E-state index is 0.226. The molecular formula is C13H21N3O2S. The maximum atomic E-state index is 11.5. The Kier molecular flexibility index (Phi) is 6.24. The lowest BCUT2D eigenvalue weighted by Gasteiger charge is -2.19. The van der Waals surface area contributed by atoms with Gasteiger partial charge in [0.1, 0.15) is 5.60 Å². The largest absolute Gasteiger partial charge is 0.459 e. The smallest absolute Gasteiger partial charge is 0.316 e. The molecule has 106 valence electrons. The second-order valence-electron chi connectivity index (χ2n) is 5.03. The van der Waals surface area contributed by atoms with Crippen LogP contribution in [0.25, 0.3) is 0 Å². The molecule has 0 amide bonds. The van der Waals surface area contributed by atoms with Crippen molar-refractivity contribution in [3.8, 4) is 0 Å². The zero-order chi connectivity index (χ0) is 14.3. The molecule has 0 radical (unpaired) electrons. The summed E-state index contributed by atoms with van der Waals surface area (Å²) in [7, 11) is 0. The van der Waals surface area contributed by atoms with Crippen molar-refractivity contribution in [2.45, 2.75) is 45.0 Å². The number of thioether (sulfide) groups is 1. The lowest BCUT2D eigenvalue weighted by atomic mass is 10.2. The first-order valence-electron chi connectivity index (χ1n) is 6.27. The second kappa shape index (κ2) is 7.45. The zero-order valence-electron chi connectivity index (χ0n) is 11.9. The van der Waals surface area contributed by atoms with Crippen LogP contribution in [0.2, 0.25) is 0 Å². The van der Waals surface area contributed by atoms with E-state index in [4.69, 9.17) is 4.74 Å². The molecule has 5 nitrogen and oxygen atoms in total. The second-order valence-corrected chi connectivity index (χ2v) is 5.97. The Morgan fingerprint density at radius 2 is 2.00 bits per heavy atom. The van der Waals surface area contributed by atoms with Crippen molar-refractivity contribution < 1.29 is 9.53 Å². The van der Waals surface area contributed by atoms with Gasteiger partial charge in [0.25, 0.3) is 0 Å². The van der Waals surface area contributed by atoms with Crippen molar-refractivity contribution in [3.05, 3.63) is 18.0 Å². The summed E-state index contributed by atoms with van der Waals surface area (Å²) in [6.07, 6.45) is 3.54. The Morgan fingerprint density at radius 3 is 2.53 bits per heavy atom. The Balaban J connectivity index is 2.39. The van der Waals surface area contributed by atoms with E-state index in [0.717, 1.165) is 18.7 Å². The Morgan fingerprint density at radius 1 is 1.37 bits per heavy atom. The van der Waals surface area contributed by atoms with Crippen molar-refractivity contribution in [3.63, 3.8) is 0 Å². The summed E-state index contributed by atoms with van der Waals surface area (Å²) in [6.45, 7) is 9.26. The third kappa shape index (κ3) is 7.12. The summed E-state index contributed by atoms with van der Waals surface area (Å²) in [4.78, 5) is 19.9. The van der Waals surface area contributed by atoms with Crippen LogP contribution in [0.15, 0.2) is 17.6 Å². The van der Waals surface area contributed by atoms with E-state index >= 15 is 0 Å². The lowest BCUT2D eigenvalue weighted by molar-refractivity contribution is -0.151. The SMILES string of the molecule is CCNCc1cnc(SCC(=O)OC(C)(C)C)nc1. The van der Waals surface area contributed by atoms with Gasteiger partial charge in [-0.3, -0.25) is 4.79 Å². The molecule has 0 saturated heterocycles. The third-order valence-corrected chi connectivity index (χ3v) is 2.85. The van der Waals surface area contributed by atoms with Gasteiger partial charge in [0.15, 0.2) is 5.16 Å². The first-order chi connectivity index (χ1) is 8.90. The van der Waals surface area contributed by atoms with E-state index in [2.05, 4.69) is 15.3 Å². The number of carbonyl (C=O) groups is 1. The van der Waals surface area contributed by atoms with Gasteiger partial charge >= 0.3 is 5.97 Å². The van der Waals surface area contributed by atoms with Crippen molar-refractivity contribution in [2.75, 3.05) is 12.3 Å². The Labute approximate surface area is 118 Å². The number of ether oxygens (including phenoxy) is 1.